The summed E-state index contributed by atoms with van der Waals surface area (Å²) >= 11 is 0. The molecule has 3 fully saturated rings. The Morgan fingerprint density at radius 1 is 0.905 bits per heavy atom. The maximum Gasteiger partial charge on any atom is 0.330 e. The molecule has 8 atom stereocenters. The summed E-state index contributed by atoms with van der Waals surface area (Å²) in [5.74, 6) is 4.05. The summed E-state index contributed by atoms with van der Waals surface area (Å²) in [5.41, 5.74) is 3.94. The van der Waals surface area contributed by atoms with Crippen molar-refractivity contribution in [2.75, 3.05) is 0 Å². The number of rotatable bonds is 14. The second-order valence-electron chi connectivity index (χ2n) is 15.6. The molecule has 0 aliphatic heterocycles. The number of allylic oxidation sites excluding steroid dienone is 6. The summed E-state index contributed by atoms with van der Waals surface area (Å²) in [6.07, 6.45) is 32.3. The third-order valence-corrected chi connectivity index (χ3v) is 12.5. The van der Waals surface area contributed by atoms with E-state index in [1.54, 1.807) is 11.6 Å². The van der Waals surface area contributed by atoms with E-state index in [0.717, 1.165) is 37.5 Å². The molecular formula is C40H64O2. The highest BCUT2D eigenvalue weighted by atomic mass is 16.5. The average molecular weight is 577 g/mol. The lowest BCUT2D eigenvalue weighted by atomic mass is 9.50. The summed E-state index contributed by atoms with van der Waals surface area (Å²) < 4.78 is 5.98. The minimum atomic E-state index is -0.143. The van der Waals surface area contributed by atoms with Gasteiger partial charge in [-0.15, -0.1) is 0 Å². The topological polar surface area (TPSA) is 26.3 Å². The molecule has 0 bridgehead atoms. The van der Waals surface area contributed by atoms with Crippen molar-refractivity contribution in [1.29, 1.82) is 0 Å². The second kappa shape index (κ2) is 14.9. The van der Waals surface area contributed by atoms with Crippen molar-refractivity contribution in [3.8, 4) is 0 Å². The van der Waals surface area contributed by atoms with Crippen LogP contribution in [0.4, 0.5) is 0 Å². The van der Waals surface area contributed by atoms with Gasteiger partial charge in [-0.25, -0.2) is 4.79 Å². The van der Waals surface area contributed by atoms with Crippen molar-refractivity contribution in [2.45, 2.75) is 151 Å². The maximum absolute atomic E-state index is 12.6. The van der Waals surface area contributed by atoms with Gasteiger partial charge in [0.05, 0.1) is 0 Å². The molecule has 0 spiro atoms. The van der Waals surface area contributed by atoms with Gasteiger partial charge in [0.2, 0.25) is 0 Å². The van der Waals surface area contributed by atoms with Gasteiger partial charge in [-0.3, -0.25) is 0 Å². The monoisotopic (exact) mass is 576 g/mol. The van der Waals surface area contributed by atoms with Gasteiger partial charge in [-0.1, -0.05) is 129 Å². The van der Waals surface area contributed by atoms with E-state index in [-0.39, 0.29) is 17.5 Å². The Bertz CT molecular complexity index is 1010. The fourth-order valence-corrected chi connectivity index (χ4v) is 9.28. The van der Waals surface area contributed by atoms with Crippen LogP contribution in [-0.2, 0) is 9.53 Å². The Labute approximate surface area is 259 Å². The summed E-state index contributed by atoms with van der Waals surface area (Å²) in [5, 5.41) is 0. The van der Waals surface area contributed by atoms with Crippen molar-refractivity contribution in [3.63, 3.8) is 0 Å². The molecule has 0 aromatic heterocycles. The summed E-state index contributed by atoms with van der Waals surface area (Å²) in [7, 11) is 0. The fraction of sp³-hybridized carbons (Fsp3) is 0.775. The average Bonchev–Trinajstić information content (AvgIpc) is 3.32. The van der Waals surface area contributed by atoms with Crippen LogP contribution in [0.3, 0.4) is 0 Å². The Kier molecular flexibility index (Phi) is 11.9. The maximum atomic E-state index is 12.6. The van der Waals surface area contributed by atoms with Gasteiger partial charge in [0.1, 0.15) is 6.10 Å². The lowest BCUT2D eigenvalue weighted by molar-refractivity contribution is -0.144. The Balaban J connectivity index is 1.32. The molecule has 0 saturated heterocycles. The van der Waals surface area contributed by atoms with Crippen LogP contribution in [0.2, 0.25) is 0 Å². The van der Waals surface area contributed by atoms with E-state index in [1.165, 1.54) is 76.2 Å². The molecule has 2 nitrogen and oxygen atoms in total. The molecule has 0 aromatic rings. The van der Waals surface area contributed by atoms with Crippen LogP contribution in [-0.4, -0.2) is 12.1 Å². The first-order chi connectivity index (χ1) is 20.1. The van der Waals surface area contributed by atoms with Gasteiger partial charge in [0.25, 0.3) is 0 Å². The number of fused-ring (bicyclic) bond motifs is 5. The van der Waals surface area contributed by atoms with Crippen LogP contribution in [0.1, 0.15) is 145 Å². The highest BCUT2D eigenvalue weighted by Crippen LogP contribution is 2.66. The van der Waals surface area contributed by atoms with Crippen molar-refractivity contribution < 1.29 is 9.53 Å². The van der Waals surface area contributed by atoms with E-state index >= 15 is 0 Å². The van der Waals surface area contributed by atoms with Gasteiger partial charge < -0.3 is 4.74 Å². The van der Waals surface area contributed by atoms with E-state index < -0.39 is 0 Å². The summed E-state index contributed by atoms with van der Waals surface area (Å²) in [4.78, 5) is 12.6. The minimum Gasteiger partial charge on any atom is -0.459 e. The fourth-order valence-electron chi connectivity index (χ4n) is 9.28. The Morgan fingerprint density at radius 3 is 2.38 bits per heavy atom. The number of hydrogen-bond acceptors (Lipinski definition) is 2. The van der Waals surface area contributed by atoms with E-state index in [2.05, 4.69) is 72.8 Å². The molecule has 0 heterocycles. The number of esters is 1. The van der Waals surface area contributed by atoms with Crippen LogP contribution in [0.15, 0.2) is 47.6 Å². The predicted octanol–water partition coefficient (Wildman–Crippen LogP) is 11.6. The summed E-state index contributed by atoms with van der Waals surface area (Å²) in [6, 6.07) is 0. The first kappa shape index (κ1) is 33.3. The van der Waals surface area contributed by atoms with Gasteiger partial charge in [0.15, 0.2) is 0 Å². The summed E-state index contributed by atoms with van der Waals surface area (Å²) in [6.45, 7) is 16.9. The molecule has 0 amide bonds. The molecule has 4 aliphatic carbocycles. The highest BCUT2D eigenvalue weighted by molar-refractivity contribution is 5.82. The van der Waals surface area contributed by atoms with Gasteiger partial charge in [-0.2, -0.15) is 0 Å². The van der Waals surface area contributed by atoms with Gasteiger partial charge >= 0.3 is 5.97 Å². The lowest BCUT2D eigenvalue weighted by Gasteiger charge is -2.55. The lowest BCUT2D eigenvalue weighted by Crippen LogP contribution is -2.46. The van der Waals surface area contributed by atoms with Crippen LogP contribution in [0.5, 0.6) is 0 Å². The molecule has 236 valence electrons. The van der Waals surface area contributed by atoms with E-state index in [9.17, 15) is 4.79 Å². The smallest absolute Gasteiger partial charge is 0.330 e. The molecule has 1 unspecified atom stereocenters. The molecular weight excluding hydrogens is 512 g/mol. The van der Waals surface area contributed by atoms with Gasteiger partial charge in [-0.05, 0) is 97.7 Å². The molecule has 42 heavy (non-hydrogen) atoms. The zero-order chi connectivity index (χ0) is 30.3. The zero-order valence-corrected chi connectivity index (χ0v) is 28.4. The van der Waals surface area contributed by atoms with E-state index in [0.29, 0.717) is 29.1 Å². The molecule has 4 aliphatic rings. The van der Waals surface area contributed by atoms with Crippen LogP contribution in [0, 0.1) is 46.3 Å². The number of carbonyl (C=O) groups is 1. The third kappa shape index (κ3) is 7.55. The van der Waals surface area contributed by atoms with Gasteiger partial charge in [0, 0.05) is 12.5 Å². The second-order valence-corrected chi connectivity index (χ2v) is 15.6. The van der Waals surface area contributed by atoms with E-state index in [4.69, 9.17) is 4.74 Å². The minimum absolute atomic E-state index is 0.0283. The molecule has 2 heteroatoms. The van der Waals surface area contributed by atoms with Crippen molar-refractivity contribution in [3.05, 3.63) is 47.6 Å². The SMILES string of the molecule is CCCCCCCCC/C=C/C(=O)OC1CC[C@@]2(C)C(=CC=C3[C@@H]4CC[C@H]([C@H](C)C=C[C@H](C)C(C)C)[C@@]4(C)CC[C@@H]32)C1. The van der Waals surface area contributed by atoms with Crippen LogP contribution in [0.25, 0.3) is 0 Å². The highest BCUT2D eigenvalue weighted by Gasteiger charge is 2.57. The standard InChI is InChI=1S/C40H64O2/c1-8-9-10-11-12-13-14-15-16-17-38(41)42-33-24-26-39(6)32(28-33)20-21-34-36-23-22-35(40(36,7)27-25-37(34)39)31(5)19-18-30(4)29(2)3/h16-21,29-31,33,35-37H,8-15,22-28H2,1-7H3/b17-16+,19-18?/t30-,31+,33?,35+,36-,37-,39-,40+/m0/s1. The quantitative estimate of drug-likeness (QED) is 0.0889. The first-order valence-electron chi connectivity index (χ1n) is 18.1. The third-order valence-electron chi connectivity index (χ3n) is 12.5. The van der Waals surface area contributed by atoms with Crippen LogP contribution < -0.4 is 0 Å². The molecule has 0 N–H and O–H groups in total. The molecule has 0 aromatic carbocycles. The molecule has 4 rings (SSSR count). The number of hydrogen-bond donors (Lipinski definition) is 0. The largest absolute Gasteiger partial charge is 0.459 e. The normalized spacial score (nSPS) is 34.1. The number of unbranched alkanes of at least 4 members (excludes halogenated alkanes) is 7. The molecule has 0 radical (unpaired) electrons. The van der Waals surface area contributed by atoms with Crippen LogP contribution >= 0.6 is 0 Å². The number of ether oxygens (including phenoxy) is 1. The Hall–Kier alpha value is -1.57. The van der Waals surface area contributed by atoms with E-state index in [1.807, 2.05) is 6.08 Å². The Morgan fingerprint density at radius 2 is 1.64 bits per heavy atom. The zero-order valence-electron chi connectivity index (χ0n) is 28.4. The van der Waals surface area contributed by atoms with Crippen molar-refractivity contribution in [2.24, 2.45) is 46.3 Å². The first-order valence-corrected chi connectivity index (χ1v) is 18.1. The number of carbonyl (C=O) groups excluding carboxylic acids is 1. The van der Waals surface area contributed by atoms with Crippen molar-refractivity contribution >= 4 is 5.97 Å². The van der Waals surface area contributed by atoms with Crippen molar-refractivity contribution in [1.82, 2.24) is 0 Å². The predicted molar refractivity (Wildman–Crippen MR) is 179 cm³/mol. The molecule has 3 saturated carbocycles.